The van der Waals surface area contributed by atoms with E-state index < -0.39 is 51.9 Å². The van der Waals surface area contributed by atoms with Crippen molar-refractivity contribution in [2.24, 2.45) is 17.4 Å². The number of hydrogen-bond acceptors (Lipinski definition) is 7. The Bertz CT molecular complexity index is 743. The number of likely N-dealkylation sites (tertiary alicyclic amines) is 1. The van der Waals surface area contributed by atoms with Crippen molar-refractivity contribution in [3.05, 3.63) is 0 Å². The van der Waals surface area contributed by atoms with E-state index in [0.717, 1.165) is 0 Å². The van der Waals surface area contributed by atoms with Crippen LogP contribution in [0.1, 0.15) is 68.7 Å². The Morgan fingerprint density at radius 3 is 1.81 bits per heavy atom. The molecule has 4 atom stereocenters. The fourth-order valence-electron chi connectivity index (χ4n) is 3.74. The van der Waals surface area contributed by atoms with Gasteiger partial charge in [0, 0.05) is 31.7 Å². The van der Waals surface area contributed by atoms with E-state index in [1.54, 1.807) is 4.90 Å². The lowest BCUT2D eigenvalue weighted by molar-refractivity contribution is -0.107. The van der Waals surface area contributed by atoms with Crippen LogP contribution in [-0.4, -0.2) is 82.3 Å². The van der Waals surface area contributed by atoms with Gasteiger partial charge in [-0.05, 0) is 63.5 Å². The van der Waals surface area contributed by atoms with Crippen molar-refractivity contribution < 1.29 is 23.5 Å². The quantitative estimate of drug-likeness (QED) is 0.378. The van der Waals surface area contributed by atoms with Crippen LogP contribution in [0.2, 0.25) is 36.3 Å². The molecular weight excluding hydrogens is 490 g/mol. The summed E-state index contributed by atoms with van der Waals surface area (Å²) in [7, 11) is -4.11. The van der Waals surface area contributed by atoms with Gasteiger partial charge in [-0.25, -0.2) is 4.79 Å². The highest BCUT2D eigenvalue weighted by Crippen LogP contribution is 2.40. The van der Waals surface area contributed by atoms with Gasteiger partial charge < -0.3 is 35.1 Å². The molecule has 0 bridgehead atoms. The van der Waals surface area contributed by atoms with Crippen LogP contribution in [-0.2, 0) is 13.6 Å². The highest BCUT2D eigenvalue weighted by atomic mass is 28.4. The van der Waals surface area contributed by atoms with Gasteiger partial charge in [-0.1, -0.05) is 41.5 Å². The summed E-state index contributed by atoms with van der Waals surface area (Å²) in [6.45, 7) is 28.4. The van der Waals surface area contributed by atoms with Crippen LogP contribution < -0.4 is 11.5 Å². The average Bonchev–Trinajstić information content (AvgIpc) is 2.67. The fraction of sp³-hybridized carbons (Fsp3) is 0.962. The summed E-state index contributed by atoms with van der Waals surface area (Å²) >= 11 is 0. The number of aliphatic hydroxyl groups is 1. The number of hydrogen-bond donors (Lipinski definition) is 3. The van der Waals surface area contributed by atoms with Crippen molar-refractivity contribution in [2.45, 2.75) is 128 Å². The topological polar surface area (TPSA) is 120 Å². The Morgan fingerprint density at radius 1 is 0.944 bits per heavy atom. The number of amides is 1. The van der Waals surface area contributed by atoms with Gasteiger partial charge in [0.15, 0.2) is 16.6 Å². The second kappa shape index (κ2) is 11.3. The van der Waals surface area contributed by atoms with Gasteiger partial charge >= 0.3 is 6.09 Å². The maximum Gasteiger partial charge on any atom is 0.410 e. The van der Waals surface area contributed by atoms with Crippen molar-refractivity contribution in [3.63, 3.8) is 0 Å². The predicted octanol–water partition coefficient (Wildman–Crippen LogP) is 4.67. The number of nitrogens with two attached hydrogens (primary N) is 2. The number of ether oxygens (including phenoxy) is 1. The third-order valence-electron chi connectivity index (χ3n) is 8.52. The van der Waals surface area contributed by atoms with Crippen LogP contribution in [0, 0.1) is 5.92 Å². The second-order valence-corrected chi connectivity index (χ2v) is 24.3. The molecule has 1 fully saturated rings. The van der Waals surface area contributed by atoms with Crippen molar-refractivity contribution in [2.75, 3.05) is 26.3 Å². The zero-order chi connectivity index (χ0) is 28.5. The molecule has 1 aliphatic heterocycles. The van der Waals surface area contributed by atoms with Gasteiger partial charge in [0.25, 0.3) is 0 Å². The van der Waals surface area contributed by atoms with E-state index in [2.05, 4.69) is 67.7 Å². The van der Waals surface area contributed by atoms with Crippen molar-refractivity contribution in [1.29, 1.82) is 0 Å². The van der Waals surface area contributed by atoms with Gasteiger partial charge in [0.05, 0.1) is 18.2 Å². The van der Waals surface area contributed by atoms with E-state index in [4.69, 9.17) is 25.1 Å². The van der Waals surface area contributed by atoms with E-state index in [-0.39, 0.29) is 23.2 Å². The highest BCUT2D eigenvalue weighted by molar-refractivity contribution is 6.74. The lowest BCUT2D eigenvalue weighted by Gasteiger charge is -2.50. The van der Waals surface area contributed by atoms with Crippen LogP contribution in [0.15, 0.2) is 0 Å². The molecule has 1 heterocycles. The van der Waals surface area contributed by atoms with Crippen LogP contribution in [0.4, 0.5) is 4.79 Å². The van der Waals surface area contributed by atoms with Crippen LogP contribution in [0.3, 0.4) is 0 Å². The predicted molar refractivity (Wildman–Crippen MR) is 153 cm³/mol. The Kier molecular flexibility index (Phi) is 10.5. The molecule has 1 rings (SSSR count). The third kappa shape index (κ3) is 8.51. The van der Waals surface area contributed by atoms with Gasteiger partial charge in [-0.3, -0.25) is 0 Å². The molecule has 214 valence electrons. The van der Waals surface area contributed by atoms with Crippen molar-refractivity contribution in [3.8, 4) is 0 Å². The molecule has 36 heavy (non-hydrogen) atoms. The maximum atomic E-state index is 12.9. The summed E-state index contributed by atoms with van der Waals surface area (Å²) < 4.78 is 18.4. The lowest BCUT2D eigenvalue weighted by Crippen LogP contribution is -2.68. The van der Waals surface area contributed by atoms with Crippen LogP contribution in [0.5, 0.6) is 0 Å². The minimum absolute atomic E-state index is 0.0300. The molecule has 1 saturated heterocycles. The Hall–Kier alpha value is -0.496. The first-order valence-electron chi connectivity index (χ1n) is 13.3. The summed E-state index contributed by atoms with van der Waals surface area (Å²) in [5.74, 6) is -0.485. The number of carbonyl (C=O) groups is 1. The lowest BCUT2D eigenvalue weighted by atomic mass is 9.73. The molecule has 5 N–H and O–H groups in total. The summed E-state index contributed by atoms with van der Waals surface area (Å²) in [5.41, 5.74) is 11.5. The zero-order valence-electron chi connectivity index (χ0n) is 25.4. The van der Waals surface area contributed by atoms with Gasteiger partial charge in [-0.2, -0.15) is 0 Å². The number of carbonyl (C=O) groups excluding carboxylic acids is 1. The molecule has 1 amide bonds. The second-order valence-electron chi connectivity index (χ2n) is 14.7. The molecule has 4 unspecified atom stereocenters. The number of rotatable bonds is 8. The largest absolute Gasteiger partial charge is 0.444 e. The van der Waals surface area contributed by atoms with E-state index in [9.17, 15) is 9.90 Å². The summed E-state index contributed by atoms with van der Waals surface area (Å²) in [4.78, 5) is 14.5. The number of piperidine rings is 1. The van der Waals surface area contributed by atoms with Gasteiger partial charge in [-0.15, -0.1) is 0 Å². The minimum atomic E-state index is -2.06. The molecule has 0 radical (unpaired) electrons. The van der Waals surface area contributed by atoms with Gasteiger partial charge in [0.2, 0.25) is 0 Å². The molecule has 0 saturated carbocycles. The third-order valence-corrected chi connectivity index (χ3v) is 17.5. The standard InChI is InChI=1S/C26H57N3O5Si2/c1-23(2,3)34-22(30)29-15-14-26(31,21(28)18-33-36(12,13)25(7,8)9)19(16-29)20(27)17-32-35(10,11)24(4,5)6/h19-21,31H,14-18,27-28H2,1-13H3. The van der Waals surface area contributed by atoms with Gasteiger partial charge in [0.1, 0.15) is 5.60 Å². The molecule has 10 heteroatoms. The maximum absolute atomic E-state index is 12.9. The fourth-order valence-corrected chi connectivity index (χ4v) is 5.81. The van der Waals surface area contributed by atoms with E-state index in [0.29, 0.717) is 19.6 Å². The first kappa shape index (κ1) is 33.5. The Balaban J connectivity index is 3.17. The van der Waals surface area contributed by atoms with Crippen molar-refractivity contribution >= 4 is 22.7 Å². The Morgan fingerprint density at radius 2 is 1.39 bits per heavy atom. The summed E-state index contributed by atoms with van der Waals surface area (Å²) in [6, 6.07) is -1.15. The van der Waals surface area contributed by atoms with E-state index >= 15 is 0 Å². The van der Waals surface area contributed by atoms with Crippen molar-refractivity contribution in [1.82, 2.24) is 4.90 Å². The molecule has 0 aliphatic carbocycles. The van der Waals surface area contributed by atoms with E-state index in [1.807, 2.05) is 20.8 Å². The molecule has 0 spiro atoms. The average molecular weight is 548 g/mol. The zero-order valence-corrected chi connectivity index (χ0v) is 27.4. The minimum Gasteiger partial charge on any atom is -0.444 e. The molecule has 0 aromatic rings. The number of nitrogens with zero attached hydrogens (tertiary/aromatic N) is 1. The summed E-state index contributed by atoms with van der Waals surface area (Å²) in [5, 5.41) is 12.1. The SMILES string of the molecule is CC(C)(C)OC(=O)N1CCC(O)(C(N)CO[Si](C)(C)C(C)(C)C)C(C(N)CO[Si](C)(C)C(C)(C)C)C1. The Labute approximate surface area is 223 Å². The first-order chi connectivity index (χ1) is 15.8. The first-order valence-corrected chi connectivity index (χ1v) is 19.1. The molecular formula is C26H57N3O5Si2. The van der Waals surface area contributed by atoms with Crippen LogP contribution >= 0.6 is 0 Å². The summed E-state index contributed by atoms with van der Waals surface area (Å²) in [6.07, 6.45) is -0.106. The molecule has 1 aliphatic rings. The normalized spacial score (nSPS) is 24.4. The van der Waals surface area contributed by atoms with E-state index in [1.165, 1.54) is 0 Å². The highest BCUT2D eigenvalue weighted by Gasteiger charge is 2.51. The smallest absolute Gasteiger partial charge is 0.410 e. The van der Waals surface area contributed by atoms with Crippen LogP contribution in [0.25, 0.3) is 0 Å². The molecule has 0 aromatic heterocycles. The monoisotopic (exact) mass is 547 g/mol. The molecule has 8 nitrogen and oxygen atoms in total. The molecule has 0 aromatic carbocycles.